The molecule has 1 aromatic heterocycles. The first-order valence-corrected chi connectivity index (χ1v) is 11.6. The number of halogens is 1. The van der Waals surface area contributed by atoms with Crippen LogP contribution in [0.1, 0.15) is 42.4 Å². The zero-order valence-electron chi connectivity index (χ0n) is 19.9. The van der Waals surface area contributed by atoms with E-state index < -0.39 is 0 Å². The fourth-order valence-corrected chi connectivity index (χ4v) is 4.11. The van der Waals surface area contributed by atoms with Crippen molar-refractivity contribution in [1.29, 1.82) is 0 Å². The smallest absolute Gasteiger partial charge is 0.191 e. The highest BCUT2D eigenvalue weighted by Crippen LogP contribution is 2.34. The summed E-state index contributed by atoms with van der Waals surface area (Å²) in [7, 11) is 3.47. The molecule has 1 saturated carbocycles. The van der Waals surface area contributed by atoms with E-state index in [1.54, 1.807) is 20.4 Å². The van der Waals surface area contributed by atoms with E-state index in [2.05, 4.69) is 55.5 Å². The molecule has 0 amide bonds. The molecule has 3 aromatic rings. The molecule has 0 bridgehead atoms. The third-order valence-corrected chi connectivity index (χ3v) is 5.94. The SMILES string of the molecule is CN=C(NCc1ccc(Cn2ccnc2)cc1)NCc1cccc(OC)c1OC1CCCC1.I. The summed E-state index contributed by atoms with van der Waals surface area (Å²) in [5, 5.41) is 6.80. The van der Waals surface area contributed by atoms with Crippen molar-refractivity contribution in [3.8, 4) is 11.5 Å². The summed E-state index contributed by atoms with van der Waals surface area (Å²) < 4.78 is 14.0. The molecule has 182 valence electrons. The maximum Gasteiger partial charge on any atom is 0.191 e. The fourth-order valence-electron chi connectivity index (χ4n) is 4.11. The van der Waals surface area contributed by atoms with Gasteiger partial charge in [0.25, 0.3) is 0 Å². The van der Waals surface area contributed by atoms with Gasteiger partial charge >= 0.3 is 0 Å². The zero-order valence-corrected chi connectivity index (χ0v) is 22.2. The first-order chi connectivity index (χ1) is 16.2. The topological polar surface area (TPSA) is 72.7 Å². The van der Waals surface area contributed by atoms with E-state index in [1.165, 1.54) is 24.0 Å². The average molecular weight is 575 g/mol. The van der Waals surface area contributed by atoms with Gasteiger partial charge in [0.1, 0.15) is 0 Å². The van der Waals surface area contributed by atoms with Crippen molar-refractivity contribution < 1.29 is 9.47 Å². The first kappa shape index (κ1) is 25.9. The number of imidazole rings is 1. The molecule has 1 heterocycles. The number of nitrogens with one attached hydrogen (secondary N) is 2. The Bertz CT molecular complexity index is 1030. The lowest BCUT2D eigenvalue weighted by Gasteiger charge is -2.20. The van der Waals surface area contributed by atoms with E-state index >= 15 is 0 Å². The minimum Gasteiger partial charge on any atom is -0.493 e. The third kappa shape index (κ3) is 7.12. The van der Waals surface area contributed by atoms with E-state index in [4.69, 9.17) is 9.47 Å². The molecule has 0 radical (unpaired) electrons. The minimum absolute atomic E-state index is 0. The number of hydrogen-bond acceptors (Lipinski definition) is 4. The van der Waals surface area contributed by atoms with Gasteiger partial charge in [0.05, 0.1) is 19.5 Å². The second-order valence-corrected chi connectivity index (χ2v) is 8.30. The van der Waals surface area contributed by atoms with Gasteiger partial charge in [-0.1, -0.05) is 36.4 Å². The molecule has 0 spiro atoms. The van der Waals surface area contributed by atoms with Crippen LogP contribution in [0.2, 0.25) is 0 Å². The van der Waals surface area contributed by atoms with Gasteiger partial charge < -0.3 is 24.7 Å². The Hall–Kier alpha value is -2.75. The average Bonchev–Trinajstić information content (AvgIpc) is 3.55. The van der Waals surface area contributed by atoms with Crippen molar-refractivity contribution in [3.05, 3.63) is 77.9 Å². The standard InChI is InChI=1S/C26H33N5O2.HI/c1-27-26(29-16-20-10-12-21(13-11-20)18-31-15-14-28-19-31)30-17-22-6-5-9-24(32-2)25(22)33-23-7-3-4-8-23;/h5-6,9-15,19,23H,3-4,7-8,16-18H2,1-2H3,(H2,27,29,30);1H. The number of nitrogens with zero attached hydrogens (tertiary/aromatic N) is 3. The molecule has 7 nitrogen and oxygen atoms in total. The van der Waals surface area contributed by atoms with Crippen molar-refractivity contribution in [2.24, 2.45) is 4.99 Å². The van der Waals surface area contributed by atoms with Crippen molar-refractivity contribution in [3.63, 3.8) is 0 Å². The number of guanidine groups is 1. The van der Waals surface area contributed by atoms with Gasteiger partial charge in [0.2, 0.25) is 0 Å². The van der Waals surface area contributed by atoms with Crippen LogP contribution < -0.4 is 20.1 Å². The predicted octanol–water partition coefficient (Wildman–Crippen LogP) is 4.74. The predicted molar refractivity (Wildman–Crippen MR) is 146 cm³/mol. The Balaban J connectivity index is 0.00000324. The largest absolute Gasteiger partial charge is 0.493 e. The number of rotatable bonds is 9. The highest BCUT2D eigenvalue weighted by molar-refractivity contribution is 14.0. The van der Waals surface area contributed by atoms with Crippen LogP contribution >= 0.6 is 24.0 Å². The van der Waals surface area contributed by atoms with Gasteiger partial charge in [-0.3, -0.25) is 4.99 Å². The summed E-state index contributed by atoms with van der Waals surface area (Å²) in [5.41, 5.74) is 3.50. The molecule has 8 heteroatoms. The van der Waals surface area contributed by atoms with Crippen LogP contribution in [0.5, 0.6) is 11.5 Å². The number of benzene rings is 2. The summed E-state index contributed by atoms with van der Waals surface area (Å²) >= 11 is 0. The third-order valence-electron chi connectivity index (χ3n) is 5.94. The van der Waals surface area contributed by atoms with Gasteiger partial charge in [-0.05, 0) is 42.9 Å². The molecular formula is C26H34IN5O2. The Morgan fingerprint density at radius 2 is 1.79 bits per heavy atom. The highest BCUT2D eigenvalue weighted by atomic mass is 127. The van der Waals surface area contributed by atoms with Crippen LogP contribution in [0, 0.1) is 0 Å². The molecule has 4 rings (SSSR count). The second-order valence-electron chi connectivity index (χ2n) is 8.30. The van der Waals surface area contributed by atoms with Crippen molar-refractivity contribution in [2.45, 2.75) is 51.4 Å². The number of hydrogen-bond donors (Lipinski definition) is 2. The van der Waals surface area contributed by atoms with Gasteiger partial charge in [0, 0.05) is 44.6 Å². The molecule has 1 aliphatic carbocycles. The summed E-state index contributed by atoms with van der Waals surface area (Å²) in [6, 6.07) is 14.6. The van der Waals surface area contributed by atoms with Gasteiger partial charge in [0.15, 0.2) is 17.5 Å². The number of ether oxygens (including phenoxy) is 2. The molecule has 0 aliphatic heterocycles. The summed E-state index contributed by atoms with van der Waals surface area (Å²) in [4.78, 5) is 8.47. The molecule has 0 atom stereocenters. The molecule has 1 fully saturated rings. The number of methoxy groups -OCH3 is 1. The van der Waals surface area contributed by atoms with Crippen molar-refractivity contribution >= 4 is 29.9 Å². The van der Waals surface area contributed by atoms with E-state index in [1.807, 2.05) is 24.7 Å². The molecular weight excluding hydrogens is 541 g/mol. The summed E-state index contributed by atoms with van der Waals surface area (Å²) in [6.45, 7) is 2.11. The van der Waals surface area contributed by atoms with Gasteiger partial charge in [-0.2, -0.15) is 0 Å². The van der Waals surface area contributed by atoms with Crippen LogP contribution in [0.25, 0.3) is 0 Å². The Morgan fingerprint density at radius 1 is 1.06 bits per heavy atom. The molecule has 2 aromatic carbocycles. The van der Waals surface area contributed by atoms with Crippen LogP contribution in [-0.4, -0.2) is 35.8 Å². The van der Waals surface area contributed by atoms with Gasteiger partial charge in [-0.25, -0.2) is 4.98 Å². The van der Waals surface area contributed by atoms with Crippen LogP contribution in [0.15, 0.2) is 66.2 Å². The van der Waals surface area contributed by atoms with Crippen molar-refractivity contribution in [2.75, 3.05) is 14.2 Å². The van der Waals surface area contributed by atoms with E-state index in [0.717, 1.165) is 42.4 Å². The zero-order chi connectivity index (χ0) is 22.9. The van der Waals surface area contributed by atoms with Crippen LogP contribution in [-0.2, 0) is 19.6 Å². The van der Waals surface area contributed by atoms with Crippen molar-refractivity contribution in [1.82, 2.24) is 20.2 Å². The van der Waals surface area contributed by atoms with Crippen LogP contribution in [0.4, 0.5) is 0 Å². The van der Waals surface area contributed by atoms with E-state index in [0.29, 0.717) is 13.1 Å². The lowest BCUT2D eigenvalue weighted by atomic mass is 10.1. The monoisotopic (exact) mass is 575 g/mol. The quantitative estimate of drug-likeness (QED) is 0.219. The molecule has 0 unspecified atom stereocenters. The number of aliphatic imine (C=N–C) groups is 1. The summed E-state index contributed by atoms with van der Waals surface area (Å²) in [6.07, 6.45) is 10.5. The lowest BCUT2D eigenvalue weighted by molar-refractivity contribution is 0.198. The fraction of sp³-hybridized carbons (Fsp3) is 0.385. The normalized spacial score (nSPS) is 13.9. The van der Waals surface area contributed by atoms with Gasteiger partial charge in [-0.15, -0.1) is 24.0 Å². The molecule has 0 saturated heterocycles. The summed E-state index contributed by atoms with van der Waals surface area (Å²) in [5.74, 6) is 2.36. The Kier molecular flexibility index (Phi) is 10.1. The Labute approximate surface area is 219 Å². The molecule has 1 aliphatic rings. The van der Waals surface area contributed by atoms with E-state index in [9.17, 15) is 0 Å². The molecule has 34 heavy (non-hydrogen) atoms. The molecule has 2 N–H and O–H groups in total. The second kappa shape index (κ2) is 13.2. The Morgan fingerprint density at radius 3 is 2.47 bits per heavy atom. The maximum atomic E-state index is 6.34. The number of aromatic nitrogens is 2. The highest BCUT2D eigenvalue weighted by Gasteiger charge is 2.20. The van der Waals surface area contributed by atoms with E-state index in [-0.39, 0.29) is 30.1 Å². The van der Waals surface area contributed by atoms with Crippen LogP contribution in [0.3, 0.4) is 0 Å². The lowest BCUT2D eigenvalue weighted by Crippen LogP contribution is -2.36. The minimum atomic E-state index is 0. The first-order valence-electron chi connectivity index (χ1n) is 11.6. The number of para-hydroxylation sites is 1. The maximum absolute atomic E-state index is 6.34.